The summed E-state index contributed by atoms with van der Waals surface area (Å²) in [4.78, 5) is 9.16. The molecule has 1 atom stereocenters. The third-order valence-electron chi connectivity index (χ3n) is 4.60. The van der Waals surface area contributed by atoms with Gasteiger partial charge in [-0.25, -0.2) is 0 Å². The predicted molar refractivity (Wildman–Crippen MR) is 115 cm³/mol. The zero-order chi connectivity index (χ0) is 18.1. The van der Waals surface area contributed by atoms with E-state index in [9.17, 15) is 0 Å². The van der Waals surface area contributed by atoms with E-state index in [0.717, 1.165) is 63.9 Å². The quantitative estimate of drug-likeness (QED) is 0.351. The van der Waals surface area contributed by atoms with Crippen LogP contribution < -0.4 is 5.32 Å². The summed E-state index contributed by atoms with van der Waals surface area (Å²) in [6, 6.07) is 1.93. The van der Waals surface area contributed by atoms with Crippen LogP contribution in [0.4, 0.5) is 0 Å². The molecule has 2 rings (SSSR count). The summed E-state index contributed by atoms with van der Waals surface area (Å²) >= 11 is 0. The van der Waals surface area contributed by atoms with Gasteiger partial charge in [-0.15, -0.1) is 24.0 Å². The molecule has 1 aliphatic heterocycles. The first-order chi connectivity index (χ1) is 12.1. The number of rotatable bonds is 8. The van der Waals surface area contributed by atoms with Crippen molar-refractivity contribution in [3.05, 3.63) is 18.0 Å². The molecule has 1 aromatic heterocycles. The van der Waals surface area contributed by atoms with Crippen molar-refractivity contribution in [1.82, 2.24) is 20.3 Å². The molecular formula is C18H34IN5O2. The molecule has 0 spiro atoms. The zero-order valence-corrected chi connectivity index (χ0v) is 18.8. The normalized spacial score (nSPS) is 17.3. The van der Waals surface area contributed by atoms with E-state index in [0.29, 0.717) is 12.0 Å². The van der Waals surface area contributed by atoms with Gasteiger partial charge in [0.15, 0.2) is 5.96 Å². The third kappa shape index (κ3) is 7.40. The molecule has 0 amide bonds. The summed E-state index contributed by atoms with van der Waals surface area (Å²) in [6.45, 7) is 12.9. The van der Waals surface area contributed by atoms with Crippen molar-refractivity contribution < 1.29 is 9.26 Å². The first-order valence-corrected chi connectivity index (χ1v) is 9.32. The van der Waals surface area contributed by atoms with Crippen LogP contribution in [0.5, 0.6) is 0 Å². The van der Waals surface area contributed by atoms with Gasteiger partial charge in [0.2, 0.25) is 0 Å². The molecule has 0 radical (unpaired) electrons. The average molecular weight is 479 g/mol. The van der Waals surface area contributed by atoms with Crippen LogP contribution in [0, 0.1) is 5.92 Å². The Labute approximate surface area is 174 Å². The van der Waals surface area contributed by atoms with E-state index < -0.39 is 0 Å². The van der Waals surface area contributed by atoms with Crippen LogP contribution in [0.2, 0.25) is 0 Å². The second-order valence-corrected chi connectivity index (χ2v) is 6.75. The summed E-state index contributed by atoms with van der Waals surface area (Å²) in [5.74, 6) is 1.52. The Morgan fingerprint density at radius 1 is 1.35 bits per heavy atom. The van der Waals surface area contributed by atoms with E-state index >= 15 is 0 Å². The van der Waals surface area contributed by atoms with E-state index in [4.69, 9.17) is 9.26 Å². The number of nitrogens with one attached hydrogen (secondary N) is 1. The fraction of sp³-hybridized carbons (Fsp3) is 0.778. The molecule has 1 saturated heterocycles. The molecule has 1 aromatic rings. The second-order valence-electron chi connectivity index (χ2n) is 6.75. The van der Waals surface area contributed by atoms with Crippen molar-refractivity contribution in [2.45, 2.75) is 39.8 Å². The van der Waals surface area contributed by atoms with Crippen LogP contribution in [0.25, 0.3) is 0 Å². The maximum Gasteiger partial charge on any atom is 0.193 e. The van der Waals surface area contributed by atoms with Crippen LogP contribution >= 0.6 is 24.0 Å². The van der Waals surface area contributed by atoms with E-state index in [-0.39, 0.29) is 24.0 Å². The lowest BCUT2D eigenvalue weighted by Crippen LogP contribution is -2.52. The summed E-state index contributed by atoms with van der Waals surface area (Å²) in [5, 5.41) is 7.48. The molecular weight excluding hydrogens is 445 g/mol. The predicted octanol–water partition coefficient (Wildman–Crippen LogP) is 2.44. The highest BCUT2D eigenvalue weighted by molar-refractivity contribution is 14.0. The maximum atomic E-state index is 5.81. The van der Waals surface area contributed by atoms with Gasteiger partial charge in [-0.3, -0.25) is 9.89 Å². The number of ether oxygens (including phenoxy) is 1. The van der Waals surface area contributed by atoms with Crippen LogP contribution in [0.3, 0.4) is 0 Å². The van der Waals surface area contributed by atoms with Crippen molar-refractivity contribution in [3.8, 4) is 0 Å². The molecule has 8 heteroatoms. The summed E-state index contributed by atoms with van der Waals surface area (Å²) in [6.07, 6.45) is 2.93. The number of piperazine rings is 1. The topological polar surface area (TPSA) is 66.1 Å². The van der Waals surface area contributed by atoms with Crippen LogP contribution in [0.15, 0.2) is 21.8 Å². The maximum absolute atomic E-state index is 5.81. The molecule has 0 saturated carbocycles. The van der Waals surface area contributed by atoms with Crippen LogP contribution in [0.1, 0.15) is 32.9 Å². The second kappa shape index (κ2) is 12.5. The molecule has 26 heavy (non-hydrogen) atoms. The van der Waals surface area contributed by atoms with Gasteiger partial charge in [0, 0.05) is 59.0 Å². The number of hydrogen-bond donors (Lipinski definition) is 1. The van der Waals surface area contributed by atoms with Crippen molar-refractivity contribution in [2.75, 3.05) is 46.4 Å². The van der Waals surface area contributed by atoms with E-state index in [1.165, 1.54) is 0 Å². The number of guanidine groups is 1. The van der Waals surface area contributed by atoms with Gasteiger partial charge in [-0.2, -0.15) is 0 Å². The van der Waals surface area contributed by atoms with Gasteiger partial charge in [0.05, 0.1) is 11.8 Å². The monoisotopic (exact) mass is 479 g/mol. The highest BCUT2D eigenvalue weighted by Gasteiger charge is 2.20. The summed E-state index contributed by atoms with van der Waals surface area (Å²) in [5.41, 5.74) is 0.992. The fourth-order valence-electron chi connectivity index (χ4n) is 3.15. The minimum atomic E-state index is 0. The Morgan fingerprint density at radius 2 is 2.08 bits per heavy atom. The molecule has 1 unspecified atom stereocenters. The average Bonchev–Trinajstić information content (AvgIpc) is 3.11. The minimum absolute atomic E-state index is 0. The fourth-order valence-corrected chi connectivity index (χ4v) is 3.15. The lowest BCUT2D eigenvalue weighted by Gasteiger charge is -2.36. The van der Waals surface area contributed by atoms with Crippen LogP contribution in [-0.4, -0.2) is 73.4 Å². The van der Waals surface area contributed by atoms with E-state index in [2.05, 4.69) is 46.0 Å². The number of aromatic nitrogens is 1. The Morgan fingerprint density at radius 3 is 2.62 bits per heavy atom. The number of hydrogen-bond acceptors (Lipinski definition) is 5. The van der Waals surface area contributed by atoms with Crippen LogP contribution in [-0.2, 0) is 11.3 Å². The summed E-state index contributed by atoms with van der Waals surface area (Å²) in [7, 11) is 1.85. The molecule has 7 nitrogen and oxygen atoms in total. The molecule has 0 bridgehead atoms. The van der Waals surface area contributed by atoms with E-state index in [1.54, 1.807) is 6.26 Å². The molecule has 1 fully saturated rings. The van der Waals surface area contributed by atoms with Crippen molar-refractivity contribution in [3.63, 3.8) is 0 Å². The Hall–Kier alpha value is -0.870. The van der Waals surface area contributed by atoms with Gasteiger partial charge in [0.1, 0.15) is 6.26 Å². The van der Waals surface area contributed by atoms with Gasteiger partial charge in [0.25, 0.3) is 0 Å². The molecule has 1 aliphatic rings. The minimum Gasteiger partial charge on any atom is -0.378 e. The molecule has 2 heterocycles. The zero-order valence-electron chi connectivity index (χ0n) is 16.5. The lowest BCUT2D eigenvalue weighted by molar-refractivity contribution is 0.0257. The first kappa shape index (κ1) is 23.2. The lowest BCUT2D eigenvalue weighted by atomic mass is 10.0. The largest absolute Gasteiger partial charge is 0.378 e. The molecule has 0 aromatic carbocycles. The number of halogens is 1. The van der Waals surface area contributed by atoms with Crippen molar-refractivity contribution in [2.24, 2.45) is 10.9 Å². The summed E-state index contributed by atoms with van der Waals surface area (Å²) < 4.78 is 10.7. The van der Waals surface area contributed by atoms with E-state index in [1.807, 2.05) is 13.1 Å². The number of aliphatic imine (C=N–C) groups is 1. The van der Waals surface area contributed by atoms with Gasteiger partial charge >= 0.3 is 0 Å². The highest BCUT2D eigenvalue weighted by Crippen LogP contribution is 2.11. The van der Waals surface area contributed by atoms with Gasteiger partial charge in [-0.05, 0) is 19.3 Å². The van der Waals surface area contributed by atoms with Gasteiger partial charge < -0.3 is 19.5 Å². The standard InChI is InChI=1S/C18H33N5O2.HI/c1-5-24-17(15(2)3)6-8-20-18(19-4)23-11-9-22(10-12-23)14-16-7-13-25-21-16;/h7,13,15,17H,5-6,8-12,14H2,1-4H3,(H,19,20);1H. The van der Waals surface area contributed by atoms with Crippen molar-refractivity contribution >= 4 is 29.9 Å². The third-order valence-corrected chi connectivity index (χ3v) is 4.60. The van der Waals surface area contributed by atoms with Gasteiger partial charge in [-0.1, -0.05) is 19.0 Å². The molecule has 150 valence electrons. The first-order valence-electron chi connectivity index (χ1n) is 9.32. The molecule has 0 aliphatic carbocycles. The number of nitrogens with zero attached hydrogens (tertiary/aromatic N) is 4. The highest BCUT2D eigenvalue weighted by atomic mass is 127. The smallest absolute Gasteiger partial charge is 0.193 e. The SMILES string of the molecule is CCOC(CCNC(=NC)N1CCN(Cc2ccon2)CC1)C(C)C.I. The Balaban J connectivity index is 0.00000338. The van der Waals surface area contributed by atoms with Crippen molar-refractivity contribution in [1.29, 1.82) is 0 Å². The molecule has 1 N–H and O–H groups in total. The Kier molecular flexibility index (Phi) is 11.1. The Bertz CT molecular complexity index is 502.